The molecule has 4 nitrogen and oxygen atoms in total. The van der Waals surface area contributed by atoms with Crippen molar-refractivity contribution in [2.45, 2.75) is 13.3 Å². The molecule has 2 N–H and O–H groups in total. The van der Waals surface area contributed by atoms with Crippen LogP contribution in [0.1, 0.15) is 21.7 Å². The molecule has 0 saturated carbocycles. The number of carboxylic acids is 1. The standard InChI is InChI=1S/C10H11NO3S/c1-3-4-8(12)11-9-7(10(13)14)5-6(2)15-9/h3,5H,1,4H2,2H3,(H,11,12)(H,13,14). The molecule has 1 aromatic rings. The summed E-state index contributed by atoms with van der Waals surface area (Å²) in [5, 5.41) is 11.8. The molecule has 0 aliphatic rings. The predicted molar refractivity (Wildman–Crippen MR) is 59.5 cm³/mol. The second kappa shape index (κ2) is 4.75. The maximum Gasteiger partial charge on any atom is 0.338 e. The molecule has 0 saturated heterocycles. The highest BCUT2D eigenvalue weighted by Gasteiger charge is 2.14. The number of thiophene rings is 1. The van der Waals surface area contributed by atoms with Crippen molar-refractivity contribution in [3.05, 3.63) is 29.2 Å². The molecule has 0 spiro atoms. The van der Waals surface area contributed by atoms with E-state index in [4.69, 9.17) is 5.11 Å². The van der Waals surface area contributed by atoms with Gasteiger partial charge in [-0.25, -0.2) is 4.79 Å². The van der Waals surface area contributed by atoms with E-state index in [-0.39, 0.29) is 17.9 Å². The molecule has 0 unspecified atom stereocenters. The van der Waals surface area contributed by atoms with Gasteiger partial charge in [0.2, 0.25) is 5.91 Å². The number of nitrogens with one attached hydrogen (secondary N) is 1. The Hall–Kier alpha value is -1.62. The first-order valence-corrected chi connectivity index (χ1v) is 5.10. The van der Waals surface area contributed by atoms with E-state index in [1.807, 2.05) is 0 Å². The summed E-state index contributed by atoms with van der Waals surface area (Å²) < 4.78 is 0. The SMILES string of the molecule is C=CCC(=O)Nc1sc(C)cc1C(=O)O. The molecule has 0 aliphatic heterocycles. The van der Waals surface area contributed by atoms with Gasteiger partial charge in [0.05, 0.1) is 5.56 Å². The van der Waals surface area contributed by atoms with Gasteiger partial charge in [-0.15, -0.1) is 17.9 Å². The molecular formula is C10H11NO3S. The van der Waals surface area contributed by atoms with Crippen LogP contribution in [0, 0.1) is 6.92 Å². The van der Waals surface area contributed by atoms with Crippen molar-refractivity contribution in [1.29, 1.82) is 0 Å². The number of hydrogen-bond acceptors (Lipinski definition) is 3. The number of carbonyl (C=O) groups excluding carboxylic acids is 1. The van der Waals surface area contributed by atoms with E-state index < -0.39 is 5.97 Å². The molecule has 0 atom stereocenters. The van der Waals surface area contributed by atoms with E-state index in [0.29, 0.717) is 5.00 Å². The minimum absolute atomic E-state index is 0.134. The maximum absolute atomic E-state index is 11.2. The third-order valence-corrected chi connectivity index (χ3v) is 2.63. The van der Waals surface area contributed by atoms with Crippen LogP contribution in [0.2, 0.25) is 0 Å². The number of aryl methyl sites for hydroxylation is 1. The van der Waals surface area contributed by atoms with E-state index in [1.54, 1.807) is 6.92 Å². The van der Waals surface area contributed by atoms with Gasteiger partial charge in [-0.2, -0.15) is 0 Å². The molecule has 0 aliphatic carbocycles. The first kappa shape index (κ1) is 11.5. The van der Waals surface area contributed by atoms with Crippen molar-refractivity contribution < 1.29 is 14.7 Å². The Morgan fingerprint density at radius 1 is 1.67 bits per heavy atom. The summed E-state index contributed by atoms with van der Waals surface area (Å²) in [5.74, 6) is -1.29. The fraction of sp³-hybridized carbons (Fsp3) is 0.200. The van der Waals surface area contributed by atoms with Crippen molar-refractivity contribution in [3.8, 4) is 0 Å². The van der Waals surface area contributed by atoms with Gasteiger partial charge in [-0.1, -0.05) is 6.08 Å². The van der Waals surface area contributed by atoms with Crippen LogP contribution in [0.3, 0.4) is 0 Å². The summed E-state index contributed by atoms with van der Waals surface area (Å²) in [4.78, 5) is 22.9. The Morgan fingerprint density at radius 2 is 2.33 bits per heavy atom. The van der Waals surface area contributed by atoms with E-state index in [2.05, 4.69) is 11.9 Å². The van der Waals surface area contributed by atoms with Crippen molar-refractivity contribution >= 4 is 28.2 Å². The molecular weight excluding hydrogens is 214 g/mol. The van der Waals surface area contributed by atoms with Crippen LogP contribution >= 0.6 is 11.3 Å². The molecule has 0 bridgehead atoms. The summed E-state index contributed by atoms with van der Waals surface area (Å²) in [6.45, 7) is 5.22. The number of anilines is 1. The zero-order chi connectivity index (χ0) is 11.4. The fourth-order valence-corrected chi connectivity index (χ4v) is 1.99. The highest BCUT2D eigenvalue weighted by molar-refractivity contribution is 7.16. The lowest BCUT2D eigenvalue weighted by Crippen LogP contribution is -2.11. The van der Waals surface area contributed by atoms with Crippen molar-refractivity contribution in [2.75, 3.05) is 5.32 Å². The summed E-state index contributed by atoms with van der Waals surface area (Å²) in [6.07, 6.45) is 1.65. The molecule has 0 fully saturated rings. The van der Waals surface area contributed by atoms with Crippen LogP contribution in [0.5, 0.6) is 0 Å². The van der Waals surface area contributed by atoms with Crippen molar-refractivity contribution in [1.82, 2.24) is 0 Å². The fourth-order valence-electron chi connectivity index (χ4n) is 1.07. The minimum Gasteiger partial charge on any atom is -0.478 e. The van der Waals surface area contributed by atoms with E-state index in [0.717, 1.165) is 4.88 Å². The number of carboxylic acid groups (broad SMARTS) is 1. The first-order chi connectivity index (χ1) is 7.04. The van der Waals surface area contributed by atoms with Gasteiger partial charge in [0, 0.05) is 11.3 Å². The first-order valence-electron chi connectivity index (χ1n) is 4.29. The molecule has 1 heterocycles. The molecule has 0 aromatic carbocycles. The highest BCUT2D eigenvalue weighted by atomic mass is 32.1. The van der Waals surface area contributed by atoms with Gasteiger partial charge in [-0.05, 0) is 13.0 Å². The largest absolute Gasteiger partial charge is 0.478 e. The molecule has 1 rings (SSSR count). The Balaban J connectivity index is 2.88. The normalized spacial score (nSPS) is 9.67. The van der Waals surface area contributed by atoms with Crippen LogP contribution in [0.15, 0.2) is 18.7 Å². The van der Waals surface area contributed by atoms with Gasteiger partial charge >= 0.3 is 5.97 Å². The lowest BCUT2D eigenvalue weighted by Gasteiger charge is -2.01. The van der Waals surface area contributed by atoms with Gasteiger partial charge in [0.15, 0.2) is 0 Å². The van der Waals surface area contributed by atoms with Crippen LogP contribution < -0.4 is 5.32 Å². The molecule has 15 heavy (non-hydrogen) atoms. The van der Waals surface area contributed by atoms with E-state index >= 15 is 0 Å². The Morgan fingerprint density at radius 3 is 2.87 bits per heavy atom. The molecule has 1 aromatic heterocycles. The number of rotatable bonds is 4. The third kappa shape index (κ3) is 2.92. The second-order valence-corrected chi connectivity index (χ2v) is 4.20. The average molecular weight is 225 g/mol. The summed E-state index contributed by atoms with van der Waals surface area (Å²) >= 11 is 1.25. The topological polar surface area (TPSA) is 66.4 Å². The number of amides is 1. The Bertz CT molecular complexity index is 409. The van der Waals surface area contributed by atoms with Crippen molar-refractivity contribution in [3.63, 3.8) is 0 Å². The summed E-state index contributed by atoms with van der Waals surface area (Å²) in [7, 11) is 0. The van der Waals surface area contributed by atoms with E-state index in [9.17, 15) is 9.59 Å². The van der Waals surface area contributed by atoms with Gasteiger partial charge in [-0.3, -0.25) is 4.79 Å². The minimum atomic E-state index is -1.03. The van der Waals surface area contributed by atoms with Crippen molar-refractivity contribution in [2.24, 2.45) is 0 Å². The van der Waals surface area contributed by atoms with Gasteiger partial charge < -0.3 is 10.4 Å². The Labute approximate surface area is 91.2 Å². The van der Waals surface area contributed by atoms with Crippen LogP contribution in [-0.4, -0.2) is 17.0 Å². The zero-order valence-corrected chi connectivity index (χ0v) is 9.06. The third-order valence-electron chi connectivity index (χ3n) is 1.67. The number of carbonyl (C=O) groups is 2. The van der Waals surface area contributed by atoms with Crippen LogP contribution in [0.25, 0.3) is 0 Å². The van der Waals surface area contributed by atoms with Gasteiger partial charge in [0.1, 0.15) is 5.00 Å². The average Bonchev–Trinajstić information content (AvgIpc) is 2.47. The lowest BCUT2D eigenvalue weighted by atomic mass is 10.3. The molecule has 80 valence electrons. The predicted octanol–water partition coefficient (Wildman–Crippen LogP) is 2.27. The summed E-state index contributed by atoms with van der Waals surface area (Å²) in [5.41, 5.74) is 0.134. The zero-order valence-electron chi connectivity index (χ0n) is 8.24. The van der Waals surface area contributed by atoms with Crippen LogP contribution in [-0.2, 0) is 4.79 Å². The second-order valence-electron chi connectivity index (χ2n) is 2.95. The smallest absolute Gasteiger partial charge is 0.338 e. The maximum atomic E-state index is 11.2. The highest BCUT2D eigenvalue weighted by Crippen LogP contribution is 2.27. The van der Waals surface area contributed by atoms with E-state index in [1.165, 1.54) is 23.5 Å². The Kier molecular flexibility index (Phi) is 3.62. The summed E-state index contributed by atoms with van der Waals surface area (Å²) in [6, 6.07) is 1.54. The molecule has 0 radical (unpaired) electrons. The number of aromatic carboxylic acids is 1. The van der Waals surface area contributed by atoms with Gasteiger partial charge in [0.25, 0.3) is 0 Å². The lowest BCUT2D eigenvalue weighted by molar-refractivity contribution is -0.115. The molecule has 1 amide bonds. The molecule has 5 heteroatoms. The number of hydrogen-bond donors (Lipinski definition) is 2. The van der Waals surface area contributed by atoms with Crippen LogP contribution in [0.4, 0.5) is 5.00 Å². The monoisotopic (exact) mass is 225 g/mol. The quantitative estimate of drug-likeness (QED) is 0.772.